The van der Waals surface area contributed by atoms with Crippen LogP contribution in [0.5, 0.6) is 0 Å². The van der Waals surface area contributed by atoms with Crippen molar-refractivity contribution in [3.63, 3.8) is 0 Å². The Morgan fingerprint density at radius 3 is 0.655 bits per heavy atom. The van der Waals surface area contributed by atoms with Gasteiger partial charge in [-0.05, 0) is 43.4 Å². The Bertz CT molecular complexity index is 2220. The van der Waals surface area contributed by atoms with E-state index in [4.69, 9.17) is 37.0 Å². The largest absolute Gasteiger partial charge is 0.472 e. The van der Waals surface area contributed by atoms with Gasteiger partial charge in [-0.15, -0.1) is 0 Å². The van der Waals surface area contributed by atoms with Gasteiger partial charge in [0.15, 0.2) is 12.2 Å². The highest BCUT2D eigenvalue weighted by atomic mass is 31.2. The third-order valence-corrected chi connectivity index (χ3v) is 25.5. The molecule has 4 unspecified atom stereocenters. The Balaban J connectivity index is 5.24. The van der Waals surface area contributed by atoms with E-state index in [1.807, 2.05) is 0 Å². The SMILES string of the molecule is CCCCCCCCCCCCCCCCCCCCCCC(=O)O[C@H](COC(=O)CCCCCCCCCCCC(C)C)COP(=O)(O)OC[C@H](O)COP(=O)(O)OC[C@@H](COC(=O)CCCCCCCCCCCCCCCCCCCCC(C)CC)OC(=O)CCCCCCCCCCCCCCCCCCCCC(C)CC. The van der Waals surface area contributed by atoms with Crippen molar-refractivity contribution < 1.29 is 80.2 Å². The Morgan fingerprint density at radius 1 is 0.250 bits per heavy atom. The smallest absolute Gasteiger partial charge is 0.462 e. The molecule has 0 rings (SSSR count). The number of unbranched alkanes of at least 4 members (excludes halogenated alkanes) is 61. The third kappa shape index (κ3) is 87.0. The Hall–Kier alpha value is -1.94. The van der Waals surface area contributed by atoms with Gasteiger partial charge in [-0.25, -0.2) is 9.13 Å². The number of aliphatic hydroxyl groups is 1. The highest BCUT2D eigenvalue weighted by molar-refractivity contribution is 7.47. The first-order chi connectivity index (χ1) is 56.3. The topological polar surface area (TPSA) is 237 Å². The summed E-state index contributed by atoms with van der Waals surface area (Å²) in [7, 11) is -9.95. The van der Waals surface area contributed by atoms with Gasteiger partial charge in [0.05, 0.1) is 26.4 Å². The lowest BCUT2D eigenvalue weighted by molar-refractivity contribution is -0.161. The van der Waals surface area contributed by atoms with Gasteiger partial charge in [0.2, 0.25) is 0 Å². The van der Waals surface area contributed by atoms with E-state index in [2.05, 4.69) is 48.5 Å². The van der Waals surface area contributed by atoms with Gasteiger partial charge in [-0.1, -0.05) is 472 Å². The first kappa shape index (κ1) is 114. The van der Waals surface area contributed by atoms with Crippen LogP contribution in [-0.4, -0.2) is 96.7 Å². The van der Waals surface area contributed by atoms with Gasteiger partial charge >= 0.3 is 39.5 Å². The molecule has 0 aliphatic heterocycles. The molecule has 7 atom stereocenters. The zero-order chi connectivity index (χ0) is 85.0. The van der Waals surface area contributed by atoms with Crippen LogP contribution in [-0.2, 0) is 65.4 Å². The van der Waals surface area contributed by atoms with Gasteiger partial charge < -0.3 is 33.8 Å². The summed E-state index contributed by atoms with van der Waals surface area (Å²) >= 11 is 0. The van der Waals surface area contributed by atoms with Crippen LogP contribution in [0, 0.1) is 17.8 Å². The molecule has 0 radical (unpaired) electrons. The molecule has 0 aromatic rings. The summed E-state index contributed by atoms with van der Waals surface area (Å²) in [6.07, 6.45) is 82.1. The molecule has 0 heterocycles. The van der Waals surface area contributed by atoms with Crippen LogP contribution in [0.3, 0.4) is 0 Å². The average Bonchev–Trinajstić information content (AvgIpc) is 0.898. The first-order valence-corrected chi connectivity index (χ1v) is 52.9. The van der Waals surface area contributed by atoms with Gasteiger partial charge in [-0.2, -0.15) is 0 Å². The molecular formula is C97H190O17P2. The van der Waals surface area contributed by atoms with Crippen molar-refractivity contribution >= 4 is 39.5 Å². The molecule has 0 aliphatic rings. The number of hydrogen-bond acceptors (Lipinski definition) is 15. The maximum absolute atomic E-state index is 13.2. The second-order valence-corrected chi connectivity index (χ2v) is 38.7. The molecule has 0 saturated heterocycles. The zero-order valence-electron chi connectivity index (χ0n) is 77.0. The van der Waals surface area contributed by atoms with Gasteiger partial charge in [0.25, 0.3) is 0 Å². The monoisotopic (exact) mass is 1690 g/mol. The fraction of sp³-hybridized carbons (Fsp3) is 0.959. The lowest BCUT2D eigenvalue weighted by Gasteiger charge is -2.21. The number of phosphoric ester groups is 2. The number of carbonyl (C=O) groups excluding carboxylic acids is 4. The number of hydrogen-bond donors (Lipinski definition) is 3. The average molecular weight is 1690 g/mol. The molecule has 19 heteroatoms. The van der Waals surface area contributed by atoms with Crippen LogP contribution in [0.15, 0.2) is 0 Å². The molecule has 0 aromatic heterocycles. The lowest BCUT2D eigenvalue weighted by Crippen LogP contribution is -2.30. The summed E-state index contributed by atoms with van der Waals surface area (Å²) < 4.78 is 69.3. The van der Waals surface area contributed by atoms with E-state index in [0.717, 1.165) is 108 Å². The van der Waals surface area contributed by atoms with Crippen molar-refractivity contribution in [1.29, 1.82) is 0 Å². The van der Waals surface area contributed by atoms with E-state index >= 15 is 0 Å². The molecule has 0 amide bonds. The minimum atomic E-state index is -4.97. The van der Waals surface area contributed by atoms with Crippen molar-refractivity contribution in [3.8, 4) is 0 Å². The Kier molecular flexibility index (Phi) is 85.1. The minimum Gasteiger partial charge on any atom is -0.462 e. The van der Waals surface area contributed by atoms with E-state index in [9.17, 15) is 43.2 Å². The fourth-order valence-corrected chi connectivity index (χ4v) is 16.8. The fourth-order valence-electron chi connectivity index (χ4n) is 15.2. The summed E-state index contributed by atoms with van der Waals surface area (Å²) in [5.74, 6) is 0.396. The van der Waals surface area contributed by atoms with E-state index in [0.29, 0.717) is 25.7 Å². The maximum Gasteiger partial charge on any atom is 0.472 e. The molecule has 690 valence electrons. The highest BCUT2D eigenvalue weighted by Crippen LogP contribution is 2.45. The van der Waals surface area contributed by atoms with Crippen LogP contribution in [0.1, 0.15) is 524 Å². The zero-order valence-corrected chi connectivity index (χ0v) is 78.8. The van der Waals surface area contributed by atoms with Crippen LogP contribution in [0.25, 0.3) is 0 Å². The molecule has 0 bridgehead atoms. The van der Waals surface area contributed by atoms with Gasteiger partial charge in [-0.3, -0.25) is 37.3 Å². The summed E-state index contributed by atoms with van der Waals surface area (Å²) in [6.45, 7) is 12.2. The van der Waals surface area contributed by atoms with Gasteiger partial charge in [0, 0.05) is 25.7 Å². The van der Waals surface area contributed by atoms with Crippen LogP contribution < -0.4 is 0 Å². The first-order valence-electron chi connectivity index (χ1n) is 49.9. The lowest BCUT2D eigenvalue weighted by atomic mass is 9.99. The van der Waals surface area contributed by atoms with E-state index in [-0.39, 0.29) is 25.7 Å². The summed E-state index contributed by atoms with van der Waals surface area (Å²) in [5, 5.41) is 10.7. The third-order valence-electron chi connectivity index (χ3n) is 23.6. The molecule has 0 saturated carbocycles. The number of carbonyl (C=O) groups is 4. The molecule has 0 spiro atoms. The van der Waals surface area contributed by atoms with Gasteiger partial charge in [0.1, 0.15) is 19.3 Å². The number of esters is 4. The molecule has 0 aromatic carbocycles. The molecule has 0 fully saturated rings. The summed E-state index contributed by atoms with van der Waals surface area (Å²) in [5.41, 5.74) is 0. The molecular weight excluding hydrogens is 1500 g/mol. The predicted molar refractivity (Wildman–Crippen MR) is 483 cm³/mol. The molecule has 3 N–H and O–H groups in total. The molecule has 0 aliphatic carbocycles. The maximum atomic E-state index is 13.2. The van der Waals surface area contributed by atoms with Crippen LogP contribution in [0.2, 0.25) is 0 Å². The van der Waals surface area contributed by atoms with Crippen molar-refractivity contribution in [2.24, 2.45) is 17.8 Å². The van der Waals surface area contributed by atoms with Crippen molar-refractivity contribution in [2.45, 2.75) is 542 Å². The normalized spacial score (nSPS) is 14.2. The van der Waals surface area contributed by atoms with E-state index in [1.54, 1.807) is 0 Å². The highest BCUT2D eigenvalue weighted by Gasteiger charge is 2.31. The van der Waals surface area contributed by atoms with Crippen molar-refractivity contribution in [3.05, 3.63) is 0 Å². The van der Waals surface area contributed by atoms with Crippen LogP contribution in [0.4, 0.5) is 0 Å². The van der Waals surface area contributed by atoms with E-state index < -0.39 is 97.5 Å². The quantitative estimate of drug-likeness (QED) is 0.0222. The Labute approximate surface area is 715 Å². The Morgan fingerprint density at radius 2 is 0.440 bits per heavy atom. The molecule has 17 nitrogen and oxygen atoms in total. The number of phosphoric acid groups is 2. The second kappa shape index (κ2) is 86.6. The van der Waals surface area contributed by atoms with Crippen molar-refractivity contribution in [1.82, 2.24) is 0 Å². The molecule has 116 heavy (non-hydrogen) atoms. The minimum absolute atomic E-state index is 0.109. The van der Waals surface area contributed by atoms with Crippen LogP contribution >= 0.6 is 15.6 Å². The number of rotatable bonds is 95. The summed E-state index contributed by atoms with van der Waals surface area (Å²) in [6, 6.07) is 0. The predicted octanol–water partition coefficient (Wildman–Crippen LogP) is 30.4. The number of ether oxygens (including phenoxy) is 4. The summed E-state index contributed by atoms with van der Waals surface area (Å²) in [4.78, 5) is 73.6. The second-order valence-electron chi connectivity index (χ2n) is 35.8. The standard InChI is InChI=1S/C97H190O17P2/c1-8-11-12-13-14-15-16-17-18-19-20-21-29-34-39-44-51-59-66-73-81-97(102)114-93(85-108-95(100)79-72-65-58-53-46-47-54-61-68-75-88(4)5)87-112-116(105,106)110-83-91(98)82-109-115(103,104)111-86-92(113-96(101)80-74-67-60-52-45-40-35-30-25-23-27-32-37-42-49-56-63-70-77-90(7)10-3)84-107-94(99)78-71-64-57-50-43-38-33-28-24-22-26-31-36-41-48-55-62-69-76-89(6)9-2/h88-93,98H,8-87H2,1-7H3,(H,103,104)(H,105,106)/t89?,90?,91-,92-,93-/m1/s1. The van der Waals surface area contributed by atoms with E-state index in [1.165, 1.54) is 334 Å². The van der Waals surface area contributed by atoms with Crippen molar-refractivity contribution in [2.75, 3.05) is 39.6 Å². The number of aliphatic hydroxyl groups excluding tert-OH is 1.